The van der Waals surface area contributed by atoms with Crippen molar-refractivity contribution in [3.63, 3.8) is 0 Å². The fraction of sp³-hybridized carbons (Fsp3) is 0.750. The van der Waals surface area contributed by atoms with E-state index < -0.39 is 6.17 Å². The summed E-state index contributed by atoms with van der Waals surface area (Å²) >= 11 is 0. The predicted molar refractivity (Wildman–Crippen MR) is 40.4 cm³/mol. The summed E-state index contributed by atoms with van der Waals surface area (Å²) in [4.78, 5) is 0. The number of rotatable bonds is 1. The minimum absolute atomic E-state index is 0.170. The van der Waals surface area contributed by atoms with Crippen molar-refractivity contribution >= 4 is 0 Å². The summed E-state index contributed by atoms with van der Waals surface area (Å²) in [5.41, 5.74) is 5.64. The van der Waals surface area contributed by atoms with Crippen LogP contribution in [0.2, 0.25) is 0 Å². The Balaban J connectivity index is 2.45. The van der Waals surface area contributed by atoms with Crippen LogP contribution in [-0.4, -0.2) is 12.2 Å². The van der Waals surface area contributed by atoms with E-state index in [4.69, 9.17) is 5.73 Å². The van der Waals surface area contributed by atoms with Crippen LogP contribution >= 0.6 is 0 Å². The second-order valence-corrected chi connectivity index (χ2v) is 3.00. The Morgan fingerprint density at radius 3 is 2.60 bits per heavy atom. The molecule has 2 heteroatoms. The number of hydrogen-bond acceptors (Lipinski definition) is 1. The maximum Gasteiger partial charge on any atom is 0.118 e. The van der Waals surface area contributed by atoms with Crippen molar-refractivity contribution in [3.8, 4) is 0 Å². The molecule has 0 aliphatic heterocycles. The van der Waals surface area contributed by atoms with Crippen LogP contribution in [0.15, 0.2) is 12.2 Å². The molecule has 0 aromatic heterocycles. The van der Waals surface area contributed by atoms with Gasteiger partial charge in [0, 0.05) is 6.04 Å². The summed E-state index contributed by atoms with van der Waals surface area (Å²) in [6.45, 7) is 1.97. The first kappa shape index (κ1) is 7.73. The first-order valence-corrected chi connectivity index (χ1v) is 3.78. The lowest BCUT2D eigenvalue weighted by atomic mass is 9.90. The third-order valence-corrected chi connectivity index (χ3v) is 2.02. The summed E-state index contributed by atoms with van der Waals surface area (Å²) in [6.07, 6.45) is 4.34. The molecular weight excluding hydrogens is 129 g/mol. The van der Waals surface area contributed by atoms with E-state index in [0.29, 0.717) is 12.3 Å². The van der Waals surface area contributed by atoms with Crippen LogP contribution < -0.4 is 5.73 Å². The van der Waals surface area contributed by atoms with Crippen molar-refractivity contribution in [2.75, 3.05) is 0 Å². The second kappa shape index (κ2) is 3.15. The van der Waals surface area contributed by atoms with Crippen molar-refractivity contribution in [1.29, 1.82) is 0 Å². The van der Waals surface area contributed by atoms with E-state index >= 15 is 0 Å². The fourth-order valence-electron chi connectivity index (χ4n) is 1.25. The first-order valence-electron chi connectivity index (χ1n) is 3.78. The van der Waals surface area contributed by atoms with Crippen molar-refractivity contribution in [2.24, 2.45) is 11.7 Å². The van der Waals surface area contributed by atoms with E-state index in [0.717, 1.165) is 6.42 Å². The lowest BCUT2D eigenvalue weighted by Gasteiger charge is -2.21. The van der Waals surface area contributed by atoms with Crippen LogP contribution in [0.4, 0.5) is 4.39 Å². The van der Waals surface area contributed by atoms with Gasteiger partial charge in [0.05, 0.1) is 0 Å². The Bertz CT molecular complexity index is 131. The molecule has 10 heavy (non-hydrogen) atoms. The van der Waals surface area contributed by atoms with Gasteiger partial charge in [-0.1, -0.05) is 12.2 Å². The summed E-state index contributed by atoms with van der Waals surface area (Å²) in [7, 11) is 0. The zero-order valence-electron chi connectivity index (χ0n) is 6.26. The molecule has 0 saturated carbocycles. The minimum Gasteiger partial charge on any atom is -0.327 e. The van der Waals surface area contributed by atoms with Crippen molar-refractivity contribution in [2.45, 2.75) is 32.0 Å². The van der Waals surface area contributed by atoms with Crippen LogP contribution in [0.25, 0.3) is 0 Å². The molecular formula is C8H14FN. The van der Waals surface area contributed by atoms with Crippen LogP contribution in [0.1, 0.15) is 19.8 Å². The molecule has 0 heterocycles. The maximum atomic E-state index is 12.5. The Morgan fingerprint density at radius 2 is 2.20 bits per heavy atom. The lowest BCUT2D eigenvalue weighted by Crippen LogP contribution is -2.27. The largest absolute Gasteiger partial charge is 0.327 e. The molecule has 3 atom stereocenters. The zero-order valence-corrected chi connectivity index (χ0v) is 6.26. The highest BCUT2D eigenvalue weighted by atomic mass is 19.1. The van der Waals surface area contributed by atoms with E-state index in [1.165, 1.54) is 0 Å². The topological polar surface area (TPSA) is 26.0 Å². The summed E-state index contributed by atoms with van der Waals surface area (Å²) in [5.74, 6) is 0.395. The third kappa shape index (κ3) is 1.81. The third-order valence-electron chi connectivity index (χ3n) is 2.02. The maximum absolute atomic E-state index is 12.5. The van der Waals surface area contributed by atoms with Gasteiger partial charge in [0.15, 0.2) is 0 Å². The average Bonchev–Trinajstić information content (AvgIpc) is 1.88. The number of alkyl halides is 1. The number of nitrogens with two attached hydrogens (primary N) is 1. The minimum atomic E-state index is -0.727. The molecule has 0 bridgehead atoms. The molecule has 0 fully saturated rings. The highest BCUT2D eigenvalue weighted by Crippen LogP contribution is 2.21. The van der Waals surface area contributed by atoms with Crippen molar-refractivity contribution in [3.05, 3.63) is 12.2 Å². The predicted octanol–water partition coefficient (Wildman–Crippen LogP) is 1.64. The number of hydrogen-bond donors (Lipinski definition) is 1. The second-order valence-electron chi connectivity index (χ2n) is 3.00. The number of allylic oxidation sites excluding steroid dienone is 1. The molecule has 1 nitrogen and oxygen atoms in total. The molecule has 58 valence electrons. The molecule has 0 amide bonds. The summed E-state index contributed by atoms with van der Waals surface area (Å²) in [6, 6.07) is 0.170. The van der Waals surface area contributed by atoms with E-state index in [1.54, 1.807) is 6.08 Å². The smallest absolute Gasteiger partial charge is 0.118 e. The lowest BCUT2D eigenvalue weighted by molar-refractivity contribution is 0.323. The zero-order chi connectivity index (χ0) is 7.56. The molecule has 2 unspecified atom stereocenters. The quantitative estimate of drug-likeness (QED) is 0.555. The normalized spacial score (nSPS) is 35.9. The van der Waals surface area contributed by atoms with Gasteiger partial charge < -0.3 is 5.73 Å². The molecule has 2 N–H and O–H groups in total. The SMILES string of the molecule is C[C@H](N)C1C=CC(F)CC1. The summed E-state index contributed by atoms with van der Waals surface area (Å²) < 4.78 is 12.5. The molecule has 0 aromatic rings. The van der Waals surface area contributed by atoms with E-state index in [2.05, 4.69) is 0 Å². The van der Waals surface area contributed by atoms with Gasteiger partial charge in [0.25, 0.3) is 0 Å². The molecule has 0 saturated heterocycles. The van der Waals surface area contributed by atoms with Gasteiger partial charge >= 0.3 is 0 Å². The highest BCUT2D eigenvalue weighted by Gasteiger charge is 2.17. The summed E-state index contributed by atoms with van der Waals surface area (Å²) in [5, 5.41) is 0. The Morgan fingerprint density at radius 1 is 1.50 bits per heavy atom. The van der Waals surface area contributed by atoms with Gasteiger partial charge in [-0.05, 0) is 25.7 Å². The van der Waals surface area contributed by atoms with Crippen LogP contribution in [0.5, 0.6) is 0 Å². The Labute approximate surface area is 61.1 Å². The van der Waals surface area contributed by atoms with Gasteiger partial charge in [-0.3, -0.25) is 0 Å². The Hall–Kier alpha value is -0.370. The molecule has 1 aliphatic rings. The van der Waals surface area contributed by atoms with Crippen LogP contribution in [-0.2, 0) is 0 Å². The van der Waals surface area contributed by atoms with E-state index in [-0.39, 0.29) is 6.04 Å². The van der Waals surface area contributed by atoms with Crippen LogP contribution in [0.3, 0.4) is 0 Å². The van der Waals surface area contributed by atoms with Crippen molar-refractivity contribution < 1.29 is 4.39 Å². The molecule has 0 aromatic carbocycles. The van der Waals surface area contributed by atoms with Gasteiger partial charge in [0.2, 0.25) is 0 Å². The average molecular weight is 143 g/mol. The molecule has 0 spiro atoms. The van der Waals surface area contributed by atoms with Gasteiger partial charge in [0.1, 0.15) is 6.17 Å². The molecule has 1 aliphatic carbocycles. The molecule has 0 radical (unpaired) electrons. The van der Waals surface area contributed by atoms with Crippen molar-refractivity contribution in [1.82, 2.24) is 0 Å². The fourth-order valence-corrected chi connectivity index (χ4v) is 1.25. The van der Waals surface area contributed by atoms with Gasteiger partial charge in [-0.2, -0.15) is 0 Å². The highest BCUT2D eigenvalue weighted by molar-refractivity contribution is 5.00. The number of halogens is 1. The molecule has 1 rings (SSSR count). The first-order chi connectivity index (χ1) is 4.70. The van der Waals surface area contributed by atoms with Crippen LogP contribution in [0, 0.1) is 5.92 Å². The Kier molecular flexibility index (Phi) is 2.44. The van der Waals surface area contributed by atoms with E-state index in [1.807, 2.05) is 13.0 Å². The van der Waals surface area contributed by atoms with Gasteiger partial charge in [-0.15, -0.1) is 0 Å². The standard InChI is InChI=1S/C8H14FN/c1-6(10)7-2-4-8(9)5-3-7/h2,4,6-8H,3,5,10H2,1H3/t6-,7?,8?/m0/s1. The monoisotopic (exact) mass is 143 g/mol. The van der Waals surface area contributed by atoms with Gasteiger partial charge in [-0.25, -0.2) is 4.39 Å². The van der Waals surface area contributed by atoms with E-state index in [9.17, 15) is 4.39 Å².